The lowest BCUT2D eigenvalue weighted by Gasteiger charge is -2.16. The van der Waals surface area contributed by atoms with E-state index in [4.69, 9.17) is 4.74 Å². The third-order valence-electron chi connectivity index (χ3n) is 3.66. The summed E-state index contributed by atoms with van der Waals surface area (Å²) in [5.74, 6) is -1.18. The summed E-state index contributed by atoms with van der Waals surface area (Å²) in [4.78, 5) is 16.1. The highest BCUT2D eigenvalue weighted by atomic mass is 32.2. The van der Waals surface area contributed by atoms with Gasteiger partial charge in [-0.3, -0.25) is 9.78 Å². The molecule has 0 fully saturated rings. The average molecular weight is 380 g/mol. The van der Waals surface area contributed by atoms with E-state index >= 15 is 0 Å². The van der Waals surface area contributed by atoms with Gasteiger partial charge in [0.2, 0.25) is 10.0 Å². The lowest BCUT2D eigenvalue weighted by molar-refractivity contribution is -0.143. The second-order valence-corrected chi connectivity index (χ2v) is 7.85. The first-order chi connectivity index (χ1) is 12.3. The Balaban J connectivity index is 1.80. The number of likely N-dealkylation sites (N-methyl/N-ethyl adjacent to an activating group) is 1. The van der Waals surface area contributed by atoms with Crippen molar-refractivity contribution in [3.63, 3.8) is 0 Å². The molecule has 0 saturated heterocycles. The van der Waals surface area contributed by atoms with Gasteiger partial charge in [0.05, 0.1) is 11.5 Å². The Hall–Kier alpha value is -2.32. The number of hydrogen-bond acceptors (Lipinski definition) is 5. The Morgan fingerprint density at radius 1 is 1.19 bits per heavy atom. The molecule has 8 heteroatoms. The van der Waals surface area contributed by atoms with Crippen LogP contribution in [0.3, 0.4) is 0 Å². The number of halogens is 1. The van der Waals surface area contributed by atoms with Gasteiger partial charge in [0, 0.05) is 18.4 Å². The molecule has 0 N–H and O–H groups in total. The molecule has 1 heterocycles. The number of esters is 1. The zero-order chi connectivity index (χ0) is 19.2. The van der Waals surface area contributed by atoms with E-state index in [1.54, 1.807) is 0 Å². The van der Waals surface area contributed by atoms with E-state index in [9.17, 15) is 17.6 Å². The van der Waals surface area contributed by atoms with Gasteiger partial charge < -0.3 is 4.74 Å². The van der Waals surface area contributed by atoms with Crippen LogP contribution in [-0.4, -0.2) is 43.9 Å². The first kappa shape index (κ1) is 20.0. The second-order valence-electron chi connectivity index (χ2n) is 5.81. The van der Waals surface area contributed by atoms with Gasteiger partial charge in [0.25, 0.3) is 0 Å². The first-order valence-corrected chi connectivity index (χ1v) is 9.53. The Kier molecular flexibility index (Phi) is 6.82. The quantitative estimate of drug-likeness (QED) is 0.519. The maximum Gasteiger partial charge on any atom is 0.321 e. The van der Waals surface area contributed by atoms with E-state index in [1.165, 1.54) is 7.05 Å². The SMILES string of the molecule is Cc1cccc(CCCOC(=O)CN(C)S(=O)(=O)c2ccc(F)cc2)n1. The monoisotopic (exact) mass is 380 g/mol. The molecule has 0 radical (unpaired) electrons. The van der Waals surface area contributed by atoms with E-state index in [0.717, 1.165) is 40.0 Å². The van der Waals surface area contributed by atoms with Gasteiger partial charge in [-0.25, -0.2) is 12.8 Å². The number of rotatable bonds is 8. The van der Waals surface area contributed by atoms with Crippen LogP contribution in [0.1, 0.15) is 17.8 Å². The van der Waals surface area contributed by atoms with Gasteiger partial charge in [0.1, 0.15) is 12.4 Å². The molecule has 1 aromatic carbocycles. The van der Waals surface area contributed by atoms with Crippen molar-refractivity contribution in [2.45, 2.75) is 24.7 Å². The van der Waals surface area contributed by atoms with Crippen molar-refractivity contribution in [2.75, 3.05) is 20.2 Å². The Bertz CT molecular complexity index is 854. The number of benzene rings is 1. The van der Waals surface area contributed by atoms with Crippen molar-refractivity contribution in [1.29, 1.82) is 0 Å². The van der Waals surface area contributed by atoms with E-state index in [1.807, 2.05) is 25.1 Å². The Morgan fingerprint density at radius 3 is 2.54 bits per heavy atom. The zero-order valence-electron chi connectivity index (χ0n) is 14.7. The summed E-state index contributed by atoms with van der Waals surface area (Å²) in [6, 6.07) is 10.1. The van der Waals surface area contributed by atoms with Crippen LogP contribution in [0.15, 0.2) is 47.4 Å². The summed E-state index contributed by atoms with van der Waals surface area (Å²) in [5.41, 5.74) is 1.84. The van der Waals surface area contributed by atoms with Crippen LogP contribution in [-0.2, 0) is 26.0 Å². The summed E-state index contributed by atoms with van der Waals surface area (Å²) < 4.78 is 43.5. The van der Waals surface area contributed by atoms with E-state index < -0.39 is 28.4 Å². The van der Waals surface area contributed by atoms with E-state index in [-0.39, 0.29) is 11.5 Å². The highest BCUT2D eigenvalue weighted by Crippen LogP contribution is 2.14. The molecule has 0 spiro atoms. The minimum Gasteiger partial charge on any atom is -0.465 e. The molecule has 1 aromatic heterocycles. The van der Waals surface area contributed by atoms with Gasteiger partial charge in [0.15, 0.2) is 0 Å². The summed E-state index contributed by atoms with van der Waals surface area (Å²) in [5, 5.41) is 0. The first-order valence-electron chi connectivity index (χ1n) is 8.09. The van der Waals surface area contributed by atoms with Crippen molar-refractivity contribution < 1.29 is 22.3 Å². The molecule has 2 rings (SSSR count). The highest BCUT2D eigenvalue weighted by Gasteiger charge is 2.23. The minimum atomic E-state index is -3.87. The lowest BCUT2D eigenvalue weighted by atomic mass is 10.2. The predicted octanol–water partition coefficient (Wildman–Crippen LogP) is 2.33. The van der Waals surface area contributed by atoms with Gasteiger partial charge in [-0.05, 0) is 56.2 Å². The van der Waals surface area contributed by atoms with Crippen LogP contribution in [0.2, 0.25) is 0 Å². The highest BCUT2D eigenvalue weighted by molar-refractivity contribution is 7.89. The van der Waals surface area contributed by atoms with Gasteiger partial charge in [-0.1, -0.05) is 6.07 Å². The molecule has 26 heavy (non-hydrogen) atoms. The summed E-state index contributed by atoms with van der Waals surface area (Å²) in [7, 11) is -2.60. The number of aryl methyl sites for hydroxylation is 2. The van der Waals surface area contributed by atoms with Crippen LogP contribution in [0.4, 0.5) is 4.39 Å². The molecule has 6 nitrogen and oxygen atoms in total. The molecule has 0 atom stereocenters. The molecule has 140 valence electrons. The molecular weight excluding hydrogens is 359 g/mol. The van der Waals surface area contributed by atoms with Gasteiger partial charge in [-0.15, -0.1) is 0 Å². The number of carbonyl (C=O) groups excluding carboxylic acids is 1. The number of hydrogen-bond donors (Lipinski definition) is 0. The van der Waals surface area contributed by atoms with E-state index in [0.29, 0.717) is 12.8 Å². The number of carbonyl (C=O) groups is 1. The normalized spacial score (nSPS) is 11.5. The number of sulfonamides is 1. The molecule has 0 saturated carbocycles. The Morgan fingerprint density at radius 2 is 1.88 bits per heavy atom. The van der Waals surface area contributed by atoms with Crippen LogP contribution >= 0.6 is 0 Å². The lowest BCUT2D eigenvalue weighted by Crippen LogP contribution is -2.33. The zero-order valence-corrected chi connectivity index (χ0v) is 15.5. The summed E-state index contributed by atoms with van der Waals surface area (Å²) >= 11 is 0. The molecule has 0 bridgehead atoms. The molecule has 0 unspecified atom stereocenters. The predicted molar refractivity (Wildman–Crippen MR) is 94.5 cm³/mol. The van der Waals surface area contributed by atoms with Crippen LogP contribution in [0, 0.1) is 12.7 Å². The summed E-state index contributed by atoms with van der Waals surface area (Å²) in [6.45, 7) is 1.67. The van der Waals surface area contributed by atoms with Crippen molar-refractivity contribution >= 4 is 16.0 Å². The fraction of sp³-hybridized carbons (Fsp3) is 0.333. The molecule has 0 aliphatic carbocycles. The van der Waals surface area contributed by atoms with Crippen molar-refractivity contribution in [2.24, 2.45) is 0 Å². The van der Waals surface area contributed by atoms with Crippen LogP contribution in [0.5, 0.6) is 0 Å². The standard InChI is InChI=1S/C18H21FN2O4S/c1-14-5-3-6-16(20-14)7-4-12-25-18(22)13-21(2)26(23,24)17-10-8-15(19)9-11-17/h3,5-6,8-11H,4,7,12-13H2,1-2H3. The van der Waals surface area contributed by atoms with Crippen molar-refractivity contribution in [1.82, 2.24) is 9.29 Å². The summed E-state index contributed by atoms with van der Waals surface area (Å²) in [6.07, 6.45) is 1.26. The van der Waals surface area contributed by atoms with Crippen LogP contribution in [0.25, 0.3) is 0 Å². The van der Waals surface area contributed by atoms with Crippen LogP contribution < -0.4 is 0 Å². The third kappa shape index (κ3) is 5.60. The Labute approximate surface area is 152 Å². The second kappa shape index (κ2) is 8.86. The van der Waals surface area contributed by atoms with Gasteiger partial charge >= 0.3 is 5.97 Å². The maximum absolute atomic E-state index is 12.9. The molecule has 2 aromatic rings. The molecule has 0 amide bonds. The molecular formula is C18H21FN2O4S. The fourth-order valence-electron chi connectivity index (χ4n) is 2.28. The van der Waals surface area contributed by atoms with Gasteiger partial charge in [-0.2, -0.15) is 4.31 Å². The van der Waals surface area contributed by atoms with E-state index in [2.05, 4.69) is 4.98 Å². The number of aromatic nitrogens is 1. The van der Waals surface area contributed by atoms with Crippen molar-refractivity contribution in [3.05, 3.63) is 59.7 Å². The molecule has 0 aliphatic heterocycles. The van der Waals surface area contributed by atoms with Crippen molar-refractivity contribution in [3.8, 4) is 0 Å². The minimum absolute atomic E-state index is 0.0836. The number of nitrogens with zero attached hydrogens (tertiary/aromatic N) is 2. The largest absolute Gasteiger partial charge is 0.465 e. The number of ether oxygens (including phenoxy) is 1. The maximum atomic E-state index is 12.9. The smallest absolute Gasteiger partial charge is 0.321 e. The third-order valence-corrected chi connectivity index (χ3v) is 5.48. The average Bonchev–Trinajstić information content (AvgIpc) is 2.59. The number of pyridine rings is 1. The topological polar surface area (TPSA) is 76.6 Å². The molecule has 0 aliphatic rings. The fourth-order valence-corrected chi connectivity index (χ4v) is 3.39.